The maximum atomic E-state index is 10.5. The van der Waals surface area contributed by atoms with Crippen molar-refractivity contribution in [2.24, 2.45) is 5.92 Å². The summed E-state index contributed by atoms with van der Waals surface area (Å²) in [6.07, 6.45) is 5.71. The van der Waals surface area contributed by atoms with Gasteiger partial charge in [-0.1, -0.05) is 41.5 Å². The Morgan fingerprint density at radius 2 is 1.38 bits per heavy atom. The first kappa shape index (κ1) is 32.3. The van der Waals surface area contributed by atoms with E-state index in [0.717, 1.165) is 52.7 Å². The van der Waals surface area contributed by atoms with Crippen LogP contribution in [0.4, 0.5) is 5.82 Å². The van der Waals surface area contributed by atoms with E-state index in [-0.39, 0.29) is 9.79 Å². The summed E-state index contributed by atoms with van der Waals surface area (Å²) in [6, 6.07) is 21.1. The number of nitrogens with one attached hydrogen (secondary N) is 1. The van der Waals surface area contributed by atoms with Crippen molar-refractivity contribution in [2.75, 3.05) is 31.6 Å². The molecule has 7 rings (SSSR count). The Labute approximate surface area is 263 Å². The summed E-state index contributed by atoms with van der Waals surface area (Å²) in [7, 11) is -5.83. The first-order chi connectivity index (χ1) is 21.3. The molecule has 5 aromatic rings. The van der Waals surface area contributed by atoms with E-state index < -0.39 is 20.2 Å². The third-order valence-electron chi connectivity index (χ3n) is 7.93. The number of likely N-dealkylation sites (N-methyl/N-ethyl adjacent to an activating group) is 1. The van der Waals surface area contributed by atoms with Gasteiger partial charge in [0.2, 0.25) is 0 Å². The average molecular weight is 650 g/mol. The zero-order valence-corrected chi connectivity index (χ0v) is 26.7. The van der Waals surface area contributed by atoms with E-state index in [2.05, 4.69) is 51.1 Å². The second-order valence-electron chi connectivity index (χ2n) is 11.3. The molecule has 13 heteroatoms. The summed E-state index contributed by atoms with van der Waals surface area (Å²) >= 11 is 0. The van der Waals surface area contributed by atoms with Gasteiger partial charge in [0.05, 0.1) is 27.9 Å². The van der Waals surface area contributed by atoms with Gasteiger partial charge in [0.25, 0.3) is 20.2 Å². The second kappa shape index (κ2) is 13.1. The van der Waals surface area contributed by atoms with Gasteiger partial charge in [-0.2, -0.15) is 16.8 Å². The molecular weight excluding hydrogens is 615 g/mol. The monoisotopic (exact) mass is 649 g/mol. The predicted octanol–water partition coefficient (Wildman–Crippen LogP) is 4.86. The van der Waals surface area contributed by atoms with E-state index in [1.54, 1.807) is 24.3 Å². The molecule has 0 spiro atoms. The standard InChI is InChI=1S/C18H19N5.2C7H8O3S/c1-22-9-14-10-23(11-17(14)22)18-8-19-7-16(21-18)12-2-3-15-13(6-12)4-5-20-15;2*1-6-2-4-7(5-3-6)11(8,9)10/h2-8,14,17,20H,9-11H2,1H3;2*2-5H,1H3,(H,8,9,10)/t14-,17+;;/m1../s1. The smallest absolute Gasteiger partial charge is 0.294 e. The molecule has 3 aromatic carbocycles. The Balaban J connectivity index is 0.000000153. The summed E-state index contributed by atoms with van der Waals surface area (Å²) < 4.78 is 59.1. The third-order valence-corrected chi connectivity index (χ3v) is 9.66. The minimum Gasteiger partial charge on any atom is -0.361 e. The van der Waals surface area contributed by atoms with Crippen molar-refractivity contribution in [3.63, 3.8) is 0 Å². The summed E-state index contributed by atoms with van der Waals surface area (Å²) in [5.74, 6) is 1.79. The number of likely N-dealkylation sites (tertiary alicyclic amines) is 1. The van der Waals surface area contributed by atoms with Gasteiger partial charge in [-0.05, 0) is 63.4 Å². The van der Waals surface area contributed by atoms with Crippen LogP contribution < -0.4 is 4.90 Å². The minimum absolute atomic E-state index is 0.0666. The Hall–Kier alpha value is -4.14. The van der Waals surface area contributed by atoms with Crippen LogP contribution in [0.2, 0.25) is 0 Å². The third kappa shape index (κ3) is 7.93. The summed E-state index contributed by atoms with van der Waals surface area (Å²) in [5, 5.41) is 1.20. The van der Waals surface area contributed by atoms with Crippen LogP contribution in [-0.4, -0.2) is 78.5 Å². The highest BCUT2D eigenvalue weighted by molar-refractivity contribution is 7.86. The number of rotatable bonds is 4. The van der Waals surface area contributed by atoms with Gasteiger partial charge >= 0.3 is 0 Å². The first-order valence-electron chi connectivity index (χ1n) is 14.2. The van der Waals surface area contributed by atoms with E-state index in [9.17, 15) is 16.8 Å². The van der Waals surface area contributed by atoms with Crippen LogP contribution in [0.3, 0.4) is 0 Å². The summed E-state index contributed by atoms with van der Waals surface area (Å²) in [5.41, 5.74) is 5.12. The van der Waals surface area contributed by atoms with Crippen molar-refractivity contribution in [3.8, 4) is 11.3 Å². The molecular formula is C32H35N5O6S2. The fourth-order valence-corrected chi connectivity index (χ4v) is 6.33. The number of aromatic nitrogens is 3. The van der Waals surface area contributed by atoms with E-state index in [1.165, 1.54) is 36.2 Å². The SMILES string of the molecule is CN1C[C@@H]2CN(c3cncc(-c4ccc5[nH]ccc5c4)n3)C[C@@H]21.Cc1ccc(S(=O)(=O)O)cc1.Cc1ccc(S(=O)(=O)O)cc1. The molecule has 2 aliphatic rings. The lowest BCUT2D eigenvalue weighted by molar-refractivity contribution is 0.0827. The number of aryl methyl sites for hydroxylation is 2. The number of anilines is 1. The molecule has 4 heterocycles. The molecule has 2 aromatic heterocycles. The molecule has 2 aliphatic heterocycles. The molecule has 45 heavy (non-hydrogen) atoms. The number of benzene rings is 3. The number of hydrogen-bond acceptors (Lipinski definition) is 8. The van der Waals surface area contributed by atoms with Gasteiger partial charge in [-0.15, -0.1) is 0 Å². The molecule has 0 amide bonds. The van der Waals surface area contributed by atoms with Gasteiger partial charge in [0.1, 0.15) is 5.82 Å². The average Bonchev–Trinajstić information content (AvgIpc) is 3.61. The van der Waals surface area contributed by atoms with Crippen LogP contribution in [0.1, 0.15) is 11.1 Å². The molecule has 3 N–H and O–H groups in total. The van der Waals surface area contributed by atoms with Crippen LogP contribution in [0.25, 0.3) is 22.2 Å². The molecule has 0 unspecified atom stereocenters. The first-order valence-corrected chi connectivity index (χ1v) is 17.1. The topological polar surface area (TPSA) is 157 Å². The lowest BCUT2D eigenvalue weighted by Crippen LogP contribution is -2.52. The van der Waals surface area contributed by atoms with Crippen molar-refractivity contribution in [1.82, 2.24) is 19.9 Å². The van der Waals surface area contributed by atoms with E-state index >= 15 is 0 Å². The van der Waals surface area contributed by atoms with E-state index in [0.29, 0.717) is 6.04 Å². The van der Waals surface area contributed by atoms with Gasteiger partial charge in [0.15, 0.2) is 0 Å². The Morgan fingerprint density at radius 3 is 1.91 bits per heavy atom. The lowest BCUT2D eigenvalue weighted by atomic mass is 9.93. The molecule has 2 saturated heterocycles. The molecule has 0 saturated carbocycles. The van der Waals surface area contributed by atoms with Crippen molar-refractivity contribution < 1.29 is 25.9 Å². The van der Waals surface area contributed by atoms with Crippen molar-refractivity contribution in [3.05, 3.63) is 103 Å². The van der Waals surface area contributed by atoms with Gasteiger partial charge in [-0.3, -0.25) is 14.1 Å². The summed E-state index contributed by atoms with van der Waals surface area (Å²) in [4.78, 5) is 17.2. The molecule has 0 bridgehead atoms. The molecule has 11 nitrogen and oxygen atoms in total. The highest BCUT2D eigenvalue weighted by Crippen LogP contribution is 2.33. The highest BCUT2D eigenvalue weighted by atomic mass is 32.2. The Kier molecular flexibility index (Phi) is 9.37. The maximum absolute atomic E-state index is 10.5. The highest BCUT2D eigenvalue weighted by Gasteiger charge is 2.43. The van der Waals surface area contributed by atoms with Gasteiger partial charge in [0, 0.05) is 54.3 Å². The molecule has 0 radical (unpaired) electrons. The van der Waals surface area contributed by atoms with Crippen molar-refractivity contribution in [2.45, 2.75) is 29.7 Å². The van der Waals surface area contributed by atoms with Crippen LogP contribution in [0.15, 0.2) is 101 Å². The molecule has 236 valence electrons. The summed E-state index contributed by atoms with van der Waals surface area (Å²) in [6.45, 7) is 7.06. The lowest BCUT2D eigenvalue weighted by Gasteiger charge is -2.40. The van der Waals surface area contributed by atoms with E-state index in [1.807, 2.05) is 32.4 Å². The normalized spacial score (nSPS) is 17.8. The Bertz CT molecular complexity index is 1920. The fraction of sp³-hybridized carbons (Fsp3) is 0.250. The van der Waals surface area contributed by atoms with Gasteiger partial charge in [-0.25, -0.2) is 4.98 Å². The second-order valence-corrected chi connectivity index (χ2v) is 14.1. The zero-order chi connectivity index (χ0) is 32.4. The van der Waals surface area contributed by atoms with Gasteiger partial charge < -0.3 is 14.8 Å². The molecule has 2 atom stereocenters. The predicted molar refractivity (Wildman–Crippen MR) is 173 cm³/mol. The Morgan fingerprint density at radius 1 is 0.778 bits per heavy atom. The van der Waals surface area contributed by atoms with Crippen LogP contribution in [0.5, 0.6) is 0 Å². The number of nitrogens with zero attached hydrogens (tertiary/aromatic N) is 4. The van der Waals surface area contributed by atoms with Crippen LogP contribution in [0, 0.1) is 19.8 Å². The number of fused-ring (bicyclic) bond motifs is 2. The fourth-order valence-electron chi connectivity index (χ4n) is 5.37. The maximum Gasteiger partial charge on any atom is 0.294 e. The van der Waals surface area contributed by atoms with Crippen molar-refractivity contribution >= 4 is 37.0 Å². The quantitative estimate of drug-likeness (QED) is 0.230. The van der Waals surface area contributed by atoms with Crippen molar-refractivity contribution in [1.29, 1.82) is 0 Å². The van der Waals surface area contributed by atoms with Crippen LogP contribution in [-0.2, 0) is 20.2 Å². The number of H-pyrrole nitrogens is 1. The largest absolute Gasteiger partial charge is 0.361 e. The minimum atomic E-state index is -4.02. The number of aromatic amines is 1. The van der Waals surface area contributed by atoms with Crippen LogP contribution >= 0.6 is 0 Å². The van der Waals surface area contributed by atoms with E-state index in [4.69, 9.17) is 14.1 Å². The molecule has 2 fully saturated rings. The zero-order valence-electron chi connectivity index (χ0n) is 25.1. The molecule has 0 aliphatic carbocycles. The number of hydrogen-bond donors (Lipinski definition) is 3.